The summed E-state index contributed by atoms with van der Waals surface area (Å²) in [5.41, 5.74) is -0.138. The van der Waals surface area contributed by atoms with Gasteiger partial charge < -0.3 is 9.64 Å². The van der Waals surface area contributed by atoms with E-state index >= 15 is 0 Å². The molecule has 1 fully saturated rings. The maximum atomic E-state index is 13.4. The van der Waals surface area contributed by atoms with Crippen LogP contribution in [-0.2, 0) is 4.74 Å². The Morgan fingerprint density at radius 2 is 2.25 bits per heavy atom. The molecule has 1 heterocycles. The lowest BCUT2D eigenvalue weighted by atomic mass is 10.0. The molecule has 0 saturated carbocycles. The molecule has 6 heteroatoms. The maximum absolute atomic E-state index is 13.4. The minimum absolute atomic E-state index is 0.207. The number of alkyl halides is 1. The Bertz CT molecular complexity index is 504. The summed E-state index contributed by atoms with van der Waals surface area (Å²) < 4.78 is 19.7. The molecule has 1 unspecified atom stereocenters. The molecule has 0 N–H and O–H groups in total. The van der Waals surface area contributed by atoms with Crippen LogP contribution in [0.5, 0.6) is 0 Å². The number of carbonyl (C=O) groups excluding carboxylic acids is 1. The Labute approximate surface area is 131 Å². The predicted octanol–water partition coefficient (Wildman–Crippen LogP) is 3.45. The van der Waals surface area contributed by atoms with Crippen LogP contribution < -0.4 is 0 Å². The van der Waals surface area contributed by atoms with Crippen LogP contribution in [-0.4, -0.2) is 41.5 Å². The van der Waals surface area contributed by atoms with Crippen molar-refractivity contribution in [2.45, 2.75) is 25.6 Å². The smallest absolute Gasteiger partial charge is 0.254 e. The molecule has 1 aromatic rings. The SMILES string of the molecule is CC1(C)CN(C(=O)c2cc(F)cc(Br)c2)CC(CCl)O1. The third-order valence-electron chi connectivity index (χ3n) is 3.05. The minimum Gasteiger partial charge on any atom is -0.367 e. The minimum atomic E-state index is -0.460. The molecule has 0 radical (unpaired) electrons. The molecule has 1 aliphatic rings. The molecule has 3 nitrogen and oxygen atoms in total. The number of carbonyl (C=O) groups is 1. The second-order valence-electron chi connectivity index (χ2n) is 5.50. The number of amides is 1. The first-order valence-corrected chi connectivity index (χ1v) is 7.62. The second kappa shape index (κ2) is 6.00. The molecule has 20 heavy (non-hydrogen) atoms. The summed E-state index contributed by atoms with van der Waals surface area (Å²) in [5.74, 6) is -0.333. The number of hydrogen-bond acceptors (Lipinski definition) is 2. The fourth-order valence-electron chi connectivity index (χ4n) is 2.39. The van der Waals surface area contributed by atoms with Gasteiger partial charge >= 0.3 is 0 Å². The molecule has 1 saturated heterocycles. The molecule has 110 valence electrons. The van der Waals surface area contributed by atoms with Gasteiger partial charge in [-0.2, -0.15) is 0 Å². The van der Waals surface area contributed by atoms with Gasteiger partial charge in [0.2, 0.25) is 0 Å². The Kier molecular flexibility index (Phi) is 4.72. The Morgan fingerprint density at radius 3 is 2.85 bits per heavy atom. The van der Waals surface area contributed by atoms with Crippen molar-refractivity contribution in [3.05, 3.63) is 34.1 Å². The van der Waals surface area contributed by atoms with Gasteiger partial charge in [-0.3, -0.25) is 4.79 Å². The zero-order chi connectivity index (χ0) is 14.9. The highest BCUT2D eigenvalue weighted by atomic mass is 79.9. The van der Waals surface area contributed by atoms with Gasteiger partial charge in [0.05, 0.1) is 17.6 Å². The van der Waals surface area contributed by atoms with E-state index in [9.17, 15) is 9.18 Å². The van der Waals surface area contributed by atoms with Crippen molar-refractivity contribution in [1.82, 2.24) is 4.90 Å². The van der Waals surface area contributed by atoms with Crippen molar-refractivity contribution < 1.29 is 13.9 Å². The standard InChI is InChI=1S/C14H16BrClFNO2/c1-14(2)8-18(7-12(6-16)20-14)13(19)9-3-10(15)5-11(17)4-9/h3-5,12H,6-8H2,1-2H3. The van der Waals surface area contributed by atoms with E-state index in [2.05, 4.69) is 15.9 Å². The van der Waals surface area contributed by atoms with Gasteiger partial charge in [-0.1, -0.05) is 15.9 Å². The fourth-order valence-corrected chi connectivity index (χ4v) is 3.02. The summed E-state index contributed by atoms with van der Waals surface area (Å²) in [6, 6.07) is 4.18. The lowest BCUT2D eigenvalue weighted by Crippen LogP contribution is -2.55. The van der Waals surface area contributed by atoms with Crippen molar-refractivity contribution in [3.63, 3.8) is 0 Å². The van der Waals surface area contributed by atoms with Crippen molar-refractivity contribution in [1.29, 1.82) is 0 Å². The number of halogens is 3. The third-order valence-corrected chi connectivity index (χ3v) is 3.85. The van der Waals surface area contributed by atoms with Crippen LogP contribution in [0.25, 0.3) is 0 Å². The van der Waals surface area contributed by atoms with Crippen molar-refractivity contribution in [2.75, 3.05) is 19.0 Å². The lowest BCUT2D eigenvalue weighted by Gasteiger charge is -2.42. The molecule has 1 amide bonds. The van der Waals surface area contributed by atoms with Gasteiger partial charge in [0.25, 0.3) is 5.91 Å². The van der Waals surface area contributed by atoms with Gasteiger partial charge in [0.15, 0.2) is 0 Å². The van der Waals surface area contributed by atoms with Crippen molar-refractivity contribution in [2.24, 2.45) is 0 Å². The normalized spacial score (nSPS) is 21.9. The van der Waals surface area contributed by atoms with Crippen LogP contribution in [0.2, 0.25) is 0 Å². The number of rotatable bonds is 2. The van der Waals surface area contributed by atoms with Gasteiger partial charge in [0, 0.05) is 23.1 Å². The van der Waals surface area contributed by atoms with Crippen LogP contribution in [0.1, 0.15) is 24.2 Å². The molecular weight excluding hydrogens is 349 g/mol. The lowest BCUT2D eigenvalue weighted by molar-refractivity contribution is -0.117. The van der Waals surface area contributed by atoms with E-state index in [4.69, 9.17) is 16.3 Å². The third kappa shape index (κ3) is 3.71. The number of hydrogen-bond donors (Lipinski definition) is 0. The van der Waals surface area contributed by atoms with Crippen molar-refractivity contribution >= 4 is 33.4 Å². The number of ether oxygens (including phenoxy) is 1. The highest BCUT2D eigenvalue weighted by molar-refractivity contribution is 9.10. The molecular formula is C14H16BrClFNO2. The average Bonchev–Trinajstić information content (AvgIpc) is 2.34. The van der Waals surface area contributed by atoms with Gasteiger partial charge in [-0.25, -0.2) is 4.39 Å². The quantitative estimate of drug-likeness (QED) is 0.752. The number of benzene rings is 1. The van der Waals surface area contributed by atoms with E-state index in [-0.39, 0.29) is 12.0 Å². The predicted molar refractivity (Wildman–Crippen MR) is 79.7 cm³/mol. The first-order valence-electron chi connectivity index (χ1n) is 6.30. The first-order chi connectivity index (χ1) is 9.30. The van der Waals surface area contributed by atoms with Crippen LogP contribution >= 0.6 is 27.5 Å². The summed E-state index contributed by atoms with van der Waals surface area (Å²) in [6.45, 7) is 4.69. The van der Waals surface area contributed by atoms with Crippen LogP contribution in [0.3, 0.4) is 0 Å². The summed E-state index contributed by atoms with van der Waals surface area (Å²) in [6.07, 6.45) is -0.207. The molecule has 0 bridgehead atoms. The maximum Gasteiger partial charge on any atom is 0.254 e. The zero-order valence-electron chi connectivity index (χ0n) is 11.3. The molecule has 1 aromatic carbocycles. The molecule has 1 aliphatic heterocycles. The van der Waals surface area contributed by atoms with E-state index < -0.39 is 11.4 Å². The number of morpholine rings is 1. The van der Waals surface area contributed by atoms with E-state index in [1.165, 1.54) is 12.1 Å². The van der Waals surface area contributed by atoms with E-state index in [0.717, 1.165) is 0 Å². The summed E-state index contributed by atoms with van der Waals surface area (Å²) in [5, 5.41) is 0. The second-order valence-corrected chi connectivity index (χ2v) is 6.72. The van der Waals surface area contributed by atoms with Crippen LogP contribution in [0.15, 0.2) is 22.7 Å². The highest BCUT2D eigenvalue weighted by Gasteiger charge is 2.35. The zero-order valence-corrected chi connectivity index (χ0v) is 13.7. The van der Waals surface area contributed by atoms with Crippen molar-refractivity contribution in [3.8, 4) is 0 Å². The monoisotopic (exact) mass is 363 g/mol. The highest BCUT2D eigenvalue weighted by Crippen LogP contribution is 2.24. The summed E-state index contributed by atoms with van der Waals surface area (Å²) in [4.78, 5) is 14.2. The largest absolute Gasteiger partial charge is 0.367 e. The van der Waals surface area contributed by atoms with Crippen LogP contribution in [0.4, 0.5) is 4.39 Å². The summed E-state index contributed by atoms with van der Waals surface area (Å²) >= 11 is 9.04. The van der Waals surface area contributed by atoms with Gasteiger partial charge in [-0.15, -0.1) is 11.6 Å². The van der Waals surface area contributed by atoms with Gasteiger partial charge in [0.1, 0.15) is 5.82 Å². The van der Waals surface area contributed by atoms with Gasteiger partial charge in [-0.05, 0) is 32.0 Å². The average molecular weight is 365 g/mol. The van der Waals surface area contributed by atoms with Crippen LogP contribution in [0, 0.1) is 5.82 Å². The fraction of sp³-hybridized carbons (Fsp3) is 0.500. The topological polar surface area (TPSA) is 29.5 Å². The molecule has 1 atom stereocenters. The summed E-state index contributed by atoms with van der Waals surface area (Å²) in [7, 11) is 0. The Hall–Kier alpha value is -0.650. The number of nitrogens with zero attached hydrogens (tertiary/aromatic N) is 1. The molecule has 0 spiro atoms. The molecule has 2 rings (SSSR count). The van der Waals surface area contributed by atoms with E-state index in [1.54, 1.807) is 11.0 Å². The van der Waals surface area contributed by atoms with E-state index in [0.29, 0.717) is 29.0 Å². The molecule has 0 aromatic heterocycles. The Balaban J connectivity index is 2.23. The Morgan fingerprint density at radius 1 is 1.55 bits per heavy atom. The molecule has 0 aliphatic carbocycles. The first kappa shape index (κ1) is 15.7. The van der Waals surface area contributed by atoms with E-state index in [1.807, 2.05) is 13.8 Å².